The summed E-state index contributed by atoms with van der Waals surface area (Å²) in [5.74, 6) is 2.83. The van der Waals surface area contributed by atoms with Gasteiger partial charge in [-0.1, -0.05) is 35.0 Å². The van der Waals surface area contributed by atoms with Crippen LogP contribution in [0.5, 0.6) is 0 Å². The van der Waals surface area contributed by atoms with E-state index in [1.807, 2.05) is 0 Å². The highest BCUT2D eigenvalue weighted by Crippen LogP contribution is 2.60. The molecule has 0 aromatic heterocycles. The van der Waals surface area contributed by atoms with Gasteiger partial charge in [0.15, 0.2) is 0 Å². The fourth-order valence-electron chi connectivity index (χ4n) is 5.75. The standard InChI is InChI=1S/C18H24BrN/c1-2-20-17-13-7-12-8-14(17)11-18(9-12,10-13)15-3-5-16(19)6-4-15/h3-6,12-14,17,20H,2,7-11H2,1H3. The van der Waals surface area contributed by atoms with Gasteiger partial charge in [-0.05, 0) is 79.5 Å². The Labute approximate surface area is 130 Å². The Morgan fingerprint density at radius 2 is 1.75 bits per heavy atom. The van der Waals surface area contributed by atoms with Crippen LogP contribution in [0.3, 0.4) is 0 Å². The molecule has 1 aromatic rings. The average Bonchev–Trinajstić information content (AvgIpc) is 2.43. The van der Waals surface area contributed by atoms with Crippen molar-refractivity contribution < 1.29 is 0 Å². The third kappa shape index (κ3) is 1.99. The summed E-state index contributed by atoms with van der Waals surface area (Å²) in [6.07, 6.45) is 7.23. The molecule has 108 valence electrons. The van der Waals surface area contributed by atoms with Gasteiger partial charge in [0.1, 0.15) is 0 Å². The largest absolute Gasteiger partial charge is 0.314 e. The summed E-state index contributed by atoms with van der Waals surface area (Å²) in [6.45, 7) is 3.39. The number of halogens is 1. The van der Waals surface area contributed by atoms with Gasteiger partial charge in [-0.3, -0.25) is 0 Å². The summed E-state index contributed by atoms with van der Waals surface area (Å²) in [4.78, 5) is 0. The van der Waals surface area contributed by atoms with Gasteiger partial charge < -0.3 is 5.32 Å². The van der Waals surface area contributed by atoms with Gasteiger partial charge in [0.05, 0.1) is 0 Å². The molecule has 1 nitrogen and oxygen atoms in total. The average molecular weight is 334 g/mol. The number of rotatable bonds is 3. The van der Waals surface area contributed by atoms with Crippen LogP contribution in [0.25, 0.3) is 0 Å². The first-order chi connectivity index (χ1) is 9.70. The molecular weight excluding hydrogens is 310 g/mol. The molecule has 5 rings (SSSR count). The predicted molar refractivity (Wildman–Crippen MR) is 86.8 cm³/mol. The summed E-state index contributed by atoms with van der Waals surface area (Å²) >= 11 is 3.58. The number of hydrogen-bond acceptors (Lipinski definition) is 1. The van der Waals surface area contributed by atoms with Gasteiger partial charge in [0.25, 0.3) is 0 Å². The summed E-state index contributed by atoms with van der Waals surface area (Å²) in [7, 11) is 0. The summed E-state index contributed by atoms with van der Waals surface area (Å²) in [5, 5.41) is 3.80. The Kier molecular flexibility index (Phi) is 3.23. The minimum atomic E-state index is 0.503. The van der Waals surface area contributed by atoms with Crippen LogP contribution in [0.2, 0.25) is 0 Å². The molecule has 20 heavy (non-hydrogen) atoms. The topological polar surface area (TPSA) is 12.0 Å². The van der Waals surface area contributed by atoms with E-state index in [0.717, 1.165) is 30.3 Å². The van der Waals surface area contributed by atoms with E-state index in [9.17, 15) is 0 Å². The molecule has 4 bridgehead atoms. The van der Waals surface area contributed by atoms with Gasteiger partial charge in [0, 0.05) is 10.5 Å². The molecule has 4 saturated carbocycles. The molecule has 2 unspecified atom stereocenters. The van der Waals surface area contributed by atoms with E-state index in [0.29, 0.717) is 5.41 Å². The normalized spacial score (nSPS) is 42.1. The summed E-state index contributed by atoms with van der Waals surface area (Å²) in [5.41, 5.74) is 2.11. The Hall–Kier alpha value is -0.340. The zero-order valence-corrected chi connectivity index (χ0v) is 13.8. The van der Waals surface area contributed by atoms with E-state index in [-0.39, 0.29) is 0 Å². The molecule has 4 aliphatic rings. The van der Waals surface area contributed by atoms with E-state index in [4.69, 9.17) is 0 Å². The molecule has 0 aliphatic heterocycles. The van der Waals surface area contributed by atoms with Crippen LogP contribution >= 0.6 is 15.9 Å². The lowest BCUT2D eigenvalue weighted by molar-refractivity contribution is -0.0343. The summed E-state index contributed by atoms with van der Waals surface area (Å²) < 4.78 is 1.21. The van der Waals surface area contributed by atoms with E-state index in [1.165, 1.54) is 36.6 Å². The van der Waals surface area contributed by atoms with Crippen molar-refractivity contribution in [3.8, 4) is 0 Å². The highest BCUT2D eigenvalue weighted by Gasteiger charge is 2.55. The zero-order chi connectivity index (χ0) is 13.7. The van der Waals surface area contributed by atoms with Crippen LogP contribution in [0.4, 0.5) is 0 Å². The molecule has 2 heteroatoms. The first kappa shape index (κ1) is 13.3. The lowest BCUT2D eigenvalue weighted by atomic mass is 9.46. The molecule has 1 aromatic carbocycles. The van der Waals surface area contributed by atoms with E-state index in [2.05, 4.69) is 52.4 Å². The Balaban J connectivity index is 1.66. The second kappa shape index (κ2) is 4.84. The molecule has 0 saturated heterocycles. The number of benzene rings is 1. The first-order valence-corrected chi connectivity index (χ1v) is 8.99. The second-order valence-corrected chi connectivity index (χ2v) is 8.26. The molecule has 1 N–H and O–H groups in total. The molecule has 4 aliphatic carbocycles. The van der Waals surface area contributed by atoms with Gasteiger partial charge in [-0.2, -0.15) is 0 Å². The third-order valence-electron chi connectivity index (χ3n) is 6.17. The minimum absolute atomic E-state index is 0.503. The van der Waals surface area contributed by atoms with Gasteiger partial charge in [0.2, 0.25) is 0 Å². The molecule has 0 amide bonds. The molecular formula is C18H24BrN. The quantitative estimate of drug-likeness (QED) is 0.858. The highest BCUT2D eigenvalue weighted by atomic mass is 79.9. The maximum atomic E-state index is 3.80. The Morgan fingerprint density at radius 1 is 1.10 bits per heavy atom. The van der Waals surface area contributed by atoms with Crippen molar-refractivity contribution in [2.24, 2.45) is 17.8 Å². The maximum Gasteiger partial charge on any atom is 0.0175 e. The van der Waals surface area contributed by atoms with Gasteiger partial charge >= 0.3 is 0 Å². The van der Waals surface area contributed by atoms with E-state index in [1.54, 1.807) is 5.56 Å². The number of hydrogen-bond donors (Lipinski definition) is 1. The smallest absolute Gasteiger partial charge is 0.0175 e. The molecule has 2 atom stereocenters. The lowest BCUT2D eigenvalue weighted by Crippen LogP contribution is -2.59. The molecule has 0 spiro atoms. The van der Waals surface area contributed by atoms with Crippen LogP contribution in [0.15, 0.2) is 28.7 Å². The fraction of sp³-hybridized carbons (Fsp3) is 0.667. The second-order valence-electron chi connectivity index (χ2n) is 7.34. The lowest BCUT2D eigenvalue weighted by Gasteiger charge is -2.60. The minimum Gasteiger partial charge on any atom is -0.314 e. The van der Waals surface area contributed by atoms with Gasteiger partial charge in [-0.15, -0.1) is 0 Å². The van der Waals surface area contributed by atoms with Crippen molar-refractivity contribution in [1.82, 2.24) is 5.32 Å². The first-order valence-electron chi connectivity index (χ1n) is 8.19. The summed E-state index contributed by atoms with van der Waals surface area (Å²) in [6, 6.07) is 10.0. The molecule has 0 heterocycles. The van der Waals surface area contributed by atoms with E-state index >= 15 is 0 Å². The van der Waals surface area contributed by atoms with Crippen LogP contribution < -0.4 is 5.32 Å². The molecule has 4 fully saturated rings. The fourth-order valence-corrected chi connectivity index (χ4v) is 6.01. The van der Waals surface area contributed by atoms with Crippen molar-refractivity contribution >= 4 is 15.9 Å². The third-order valence-corrected chi connectivity index (χ3v) is 6.70. The molecule has 0 radical (unpaired) electrons. The van der Waals surface area contributed by atoms with Gasteiger partial charge in [-0.25, -0.2) is 0 Å². The zero-order valence-electron chi connectivity index (χ0n) is 12.2. The van der Waals surface area contributed by atoms with Crippen molar-refractivity contribution in [3.63, 3.8) is 0 Å². The van der Waals surface area contributed by atoms with Crippen LogP contribution in [-0.2, 0) is 5.41 Å². The van der Waals surface area contributed by atoms with Crippen molar-refractivity contribution in [1.29, 1.82) is 0 Å². The Morgan fingerprint density at radius 3 is 2.35 bits per heavy atom. The van der Waals surface area contributed by atoms with Crippen LogP contribution in [0, 0.1) is 17.8 Å². The SMILES string of the molecule is CCNC1C2CC3CC1CC(c1ccc(Br)cc1)(C3)C2. The Bertz CT molecular complexity index is 479. The van der Waals surface area contributed by atoms with Crippen LogP contribution in [0.1, 0.15) is 44.6 Å². The monoisotopic (exact) mass is 333 g/mol. The predicted octanol–water partition coefficient (Wildman–Crippen LogP) is 4.50. The number of nitrogens with one attached hydrogen (secondary N) is 1. The van der Waals surface area contributed by atoms with Crippen molar-refractivity contribution in [2.75, 3.05) is 6.54 Å². The van der Waals surface area contributed by atoms with Crippen molar-refractivity contribution in [3.05, 3.63) is 34.3 Å². The van der Waals surface area contributed by atoms with Crippen molar-refractivity contribution in [2.45, 2.75) is 50.5 Å². The van der Waals surface area contributed by atoms with E-state index < -0.39 is 0 Å². The van der Waals surface area contributed by atoms with Crippen LogP contribution in [-0.4, -0.2) is 12.6 Å². The highest BCUT2D eigenvalue weighted by molar-refractivity contribution is 9.10. The maximum absolute atomic E-state index is 3.80.